The minimum Gasteiger partial charge on any atom is -0.480 e. The number of alkyl carbamates (subject to hydrolysis) is 1. The van der Waals surface area contributed by atoms with E-state index in [0.29, 0.717) is 17.8 Å². The largest absolute Gasteiger partial charge is 0.480 e. The Bertz CT molecular complexity index is 468. The maximum atomic E-state index is 12.1. The van der Waals surface area contributed by atoms with Gasteiger partial charge in [-0.25, -0.2) is 9.59 Å². The molecule has 0 aromatic carbocycles. The molecule has 0 aliphatic heterocycles. The summed E-state index contributed by atoms with van der Waals surface area (Å²) in [4.78, 5) is 23.5. The minimum absolute atomic E-state index is 0.0713. The summed E-state index contributed by atoms with van der Waals surface area (Å²) < 4.78 is 5.59. The summed E-state index contributed by atoms with van der Waals surface area (Å²) >= 11 is 0. The predicted molar refractivity (Wildman–Crippen MR) is 88.0 cm³/mol. The summed E-state index contributed by atoms with van der Waals surface area (Å²) in [6, 6.07) is -0.954. The first-order valence-electron chi connectivity index (χ1n) is 8.55. The highest BCUT2D eigenvalue weighted by Crippen LogP contribution is 2.57. The average Bonchev–Trinajstić information content (AvgIpc) is 3.11. The highest BCUT2D eigenvalue weighted by molar-refractivity contribution is 5.80. The number of carbonyl (C=O) groups is 2. The van der Waals surface area contributed by atoms with Gasteiger partial charge in [0.25, 0.3) is 0 Å². The van der Waals surface area contributed by atoms with Crippen molar-refractivity contribution in [1.82, 2.24) is 5.32 Å². The van der Waals surface area contributed by atoms with Gasteiger partial charge in [0.15, 0.2) is 0 Å². The molecule has 0 aromatic rings. The van der Waals surface area contributed by atoms with Gasteiger partial charge in [0.05, 0.1) is 0 Å². The van der Waals surface area contributed by atoms with E-state index in [-0.39, 0.29) is 6.10 Å². The standard InChI is InChI=1S/C18H29NO4/c1-5-6-7-8-12-13-9-11(13)10-14(12)23-17(22)19-15(16(20)21)18(2,3)4/h5,11-15H,1,6-10H2,2-4H3,(H,19,22)(H,20,21)/t11-,12+,13?,14+,15+/m0/s1. The number of aliphatic carboxylic acids is 1. The maximum absolute atomic E-state index is 12.1. The molecule has 0 spiro atoms. The summed E-state index contributed by atoms with van der Waals surface area (Å²) in [5.41, 5.74) is -0.563. The molecule has 1 amide bonds. The van der Waals surface area contributed by atoms with Gasteiger partial charge in [0, 0.05) is 0 Å². The molecule has 2 N–H and O–H groups in total. The van der Waals surface area contributed by atoms with Gasteiger partial charge in [0.2, 0.25) is 0 Å². The summed E-state index contributed by atoms with van der Waals surface area (Å²) in [6.07, 6.45) is 6.51. The lowest BCUT2D eigenvalue weighted by Crippen LogP contribution is -2.50. The fraction of sp³-hybridized carbons (Fsp3) is 0.778. The molecule has 5 atom stereocenters. The molecule has 23 heavy (non-hydrogen) atoms. The summed E-state index contributed by atoms with van der Waals surface area (Å²) in [6.45, 7) is 9.10. The second kappa shape index (κ2) is 6.93. The van der Waals surface area contributed by atoms with E-state index >= 15 is 0 Å². The molecule has 130 valence electrons. The van der Waals surface area contributed by atoms with Crippen molar-refractivity contribution in [2.24, 2.45) is 23.2 Å². The van der Waals surface area contributed by atoms with Gasteiger partial charge in [-0.1, -0.05) is 26.8 Å². The fourth-order valence-corrected chi connectivity index (χ4v) is 3.79. The zero-order valence-corrected chi connectivity index (χ0v) is 14.4. The molecule has 2 aliphatic carbocycles. The number of ether oxygens (including phenoxy) is 1. The third-order valence-electron chi connectivity index (χ3n) is 5.12. The molecule has 5 heteroatoms. The predicted octanol–water partition coefficient (Wildman–Crippen LogP) is 3.59. The number of allylic oxidation sites excluding steroid dienone is 1. The van der Waals surface area contributed by atoms with Crippen molar-refractivity contribution in [1.29, 1.82) is 0 Å². The van der Waals surface area contributed by atoms with Gasteiger partial charge in [-0.3, -0.25) is 0 Å². The molecule has 1 unspecified atom stereocenters. The van der Waals surface area contributed by atoms with Crippen LogP contribution in [0.15, 0.2) is 12.7 Å². The van der Waals surface area contributed by atoms with Crippen LogP contribution in [0.25, 0.3) is 0 Å². The molecule has 0 radical (unpaired) electrons. The number of hydrogen-bond acceptors (Lipinski definition) is 3. The SMILES string of the molecule is C=CCCC[C@@H]1C2C[C@H]2C[C@H]1OC(=O)N[C@H](C(=O)O)C(C)(C)C. The number of unbranched alkanes of at least 4 members (excludes halogenated alkanes) is 1. The van der Waals surface area contributed by atoms with Gasteiger partial charge >= 0.3 is 12.1 Å². The highest BCUT2D eigenvalue weighted by atomic mass is 16.6. The Morgan fingerprint density at radius 3 is 2.65 bits per heavy atom. The molecule has 2 rings (SSSR count). The number of carboxylic acids is 1. The van der Waals surface area contributed by atoms with Crippen molar-refractivity contribution in [3.8, 4) is 0 Å². The van der Waals surface area contributed by atoms with Gasteiger partial charge < -0.3 is 15.2 Å². The van der Waals surface area contributed by atoms with Gasteiger partial charge in [-0.2, -0.15) is 0 Å². The van der Waals surface area contributed by atoms with Crippen molar-refractivity contribution >= 4 is 12.1 Å². The topological polar surface area (TPSA) is 75.6 Å². The number of fused-ring (bicyclic) bond motifs is 1. The normalized spacial score (nSPS) is 30.2. The van der Waals surface area contributed by atoms with E-state index in [2.05, 4.69) is 11.9 Å². The van der Waals surface area contributed by atoms with Gasteiger partial charge in [-0.15, -0.1) is 6.58 Å². The molecular weight excluding hydrogens is 294 g/mol. The van der Waals surface area contributed by atoms with Crippen molar-refractivity contribution in [3.63, 3.8) is 0 Å². The van der Waals surface area contributed by atoms with Gasteiger partial charge in [-0.05, 0) is 55.3 Å². The van der Waals surface area contributed by atoms with E-state index in [0.717, 1.165) is 25.7 Å². The Morgan fingerprint density at radius 2 is 2.09 bits per heavy atom. The summed E-state index contributed by atoms with van der Waals surface area (Å²) in [7, 11) is 0. The van der Waals surface area contributed by atoms with E-state index in [1.165, 1.54) is 6.42 Å². The number of rotatable bonds is 7. The van der Waals surface area contributed by atoms with Crippen LogP contribution in [0.2, 0.25) is 0 Å². The van der Waals surface area contributed by atoms with Crippen LogP contribution >= 0.6 is 0 Å². The quantitative estimate of drug-likeness (QED) is 0.554. The van der Waals surface area contributed by atoms with Crippen molar-refractivity contribution in [2.75, 3.05) is 0 Å². The van der Waals surface area contributed by atoms with E-state index in [1.54, 1.807) is 20.8 Å². The molecule has 2 aliphatic rings. The number of hydrogen-bond donors (Lipinski definition) is 2. The Hall–Kier alpha value is -1.52. The molecule has 0 heterocycles. The van der Waals surface area contributed by atoms with Crippen LogP contribution in [0.5, 0.6) is 0 Å². The third kappa shape index (κ3) is 4.49. The number of amides is 1. The van der Waals surface area contributed by atoms with Gasteiger partial charge in [0.1, 0.15) is 12.1 Å². The number of nitrogens with one attached hydrogen (secondary N) is 1. The second-order valence-electron chi connectivity index (χ2n) is 8.00. The second-order valence-corrected chi connectivity index (χ2v) is 8.00. The van der Waals surface area contributed by atoms with Crippen LogP contribution in [0.1, 0.15) is 52.9 Å². The summed E-state index contributed by atoms with van der Waals surface area (Å²) in [5.74, 6) is 0.768. The molecular formula is C18H29NO4. The lowest BCUT2D eigenvalue weighted by Gasteiger charge is -2.29. The van der Waals surface area contributed by atoms with Crippen LogP contribution in [0, 0.1) is 23.2 Å². The highest BCUT2D eigenvalue weighted by Gasteiger charge is 2.54. The van der Waals surface area contributed by atoms with Crippen LogP contribution in [-0.4, -0.2) is 29.3 Å². The smallest absolute Gasteiger partial charge is 0.408 e. The first-order chi connectivity index (χ1) is 10.7. The molecule has 5 nitrogen and oxygen atoms in total. The number of carboxylic acid groups (broad SMARTS) is 1. The first-order valence-corrected chi connectivity index (χ1v) is 8.55. The molecule has 0 saturated heterocycles. The van der Waals surface area contributed by atoms with Crippen molar-refractivity contribution in [2.45, 2.75) is 65.0 Å². The van der Waals surface area contributed by atoms with Crippen molar-refractivity contribution < 1.29 is 19.4 Å². The fourth-order valence-electron chi connectivity index (χ4n) is 3.79. The minimum atomic E-state index is -1.04. The van der Waals surface area contributed by atoms with Crippen LogP contribution in [0.4, 0.5) is 4.79 Å². The zero-order valence-electron chi connectivity index (χ0n) is 14.4. The Morgan fingerprint density at radius 1 is 1.39 bits per heavy atom. The molecule has 2 saturated carbocycles. The van der Waals surface area contributed by atoms with Crippen LogP contribution in [-0.2, 0) is 9.53 Å². The lowest BCUT2D eigenvalue weighted by molar-refractivity contribution is -0.142. The molecule has 0 aromatic heterocycles. The number of carbonyl (C=O) groups excluding carboxylic acids is 1. The Balaban J connectivity index is 1.88. The molecule has 2 fully saturated rings. The van der Waals surface area contributed by atoms with E-state index in [4.69, 9.17) is 4.74 Å². The van der Waals surface area contributed by atoms with E-state index in [1.807, 2.05) is 6.08 Å². The Kier molecular flexibility index (Phi) is 5.37. The third-order valence-corrected chi connectivity index (χ3v) is 5.12. The average molecular weight is 323 g/mol. The van der Waals surface area contributed by atoms with E-state index < -0.39 is 23.5 Å². The first kappa shape index (κ1) is 17.8. The van der Waals surface area contributed by atoms with Crippen LogP contribution < -0.4 is 5.32 Å². The van der Waals surface area contributed by atoms with Crippen LogP contribution in [0.3, 0.4) is 0 Å². The maximum Gasteiger partial charge on any atom is 0.408 e. The summed E-state index contributed by atoms with van der Waals surface area (Å²) in [5, 5.41) is 11.8. The van der Waals surface area contributed by atoms with E-state index in [9.17, 15) is 14.7 Å². The van der Waals surface area contributed by atoms with Crippen molar-refractivity contribution in [3.05, 3.63) is 12.7 Å². The zero-order chi connectivity index (χ0) is 17.2. The lowest BCUT2D eigenvalue weighted by atomic mass is 9.87. The Labute approximate surface area is 138 Å². The molecule has 0 bridgehead atoms. The monoisotopic (exact) mass is 323 g/mol.